The van der Waals surface area contributed by atoms with Gasteiger partial charge in [-0.05, 0) is 84.4 Å². The Morgan fingerprint density at radius 1 is 0.551 bits per heavy atom. The van der Waals surface area contributed by atoms with E-state index in [1.54, 1.807) is 0 Å². The van der Waals surface area contributed by atoms with Gasteiger partial charge < -0.3 is 9.97 Å². The Kier molecular flexibility index (Phi) is 8.37. The van der Waals surface area contributed by atoms with Crippen molar-refractivity contribution in [3.05, 3.63) is 142 Å². The van der Waals surface area contributed by atoms with Crippen molar-refractivity contribution >= 4 is 34.2 Å². The first kappa shape index (κ1) is 32.7. The molecule has 0 unspecified atom stereocenters. The fourth-order valence-corrected chi connectivity index (χ4v) is 7.41. The van der Waals surface area contributed by atoms with Gasteiger partial charge in [-0.2, -0.15) is 0 Å². The van der Waals surface area contributed by atoms with Crippen LogP contribution in [0.2, 0.25) is 0 Å². The van der Waals surface area contributed by atoms with Gasteiger partial charge in [0.05, 0.1) is 11.4 Å². The SMILES string of the molecule is Cc1ccc(-c2c3nc(c(-c4c(C)cc(C)cc4C)c4ccc([n-]4)c(-c4ccccc4)c4nc(cc5ccc2[n-]5)C(C)(C)C4)C=C3)cc1.[Zn+2]. The average molecular weight is 688 g/mol. The molecule has 4 nitrogen and oxygen atoms in total. The van der Waals surface area contributed by atoms with Gasteiger partial charge in [-0.1, -0.05) is 122 Å². The van der Waals surface area contributed by atoms with Crippen LogP contribution in [0.5, 0.6) is 0 Å². The van der Waals surface area contributed by atoms with Crippen molar-refractivity contribution in [3.63, 3.8) is 0 Å². The zero-order valence-corrected chi connectivity index (χ0v) is 32.1. The van der Waals surface area contributed by atoms with E-state index >= 15 is 0 Å². The normalized spacial score (nSPS) is 13.3. The number of fused-ring (bicyclic) bond motifs is 8. The van der Waals surface area contributed by atoms with E-state index in [4.69, 9.17) is 19.9 Å². The van der Waals surface area contributed by atoms with Crippen LogP contribution in [0, 0.1) is 27.7 Å². The number of rotatable bonds is 3. The summed E-state index contributed by atoms with van der Waals surface area (Å²) in [4.78, 5) is 21.3. The number of aryl methyl sites for hydroxylation is 4. The summed E-state index contributed by atoms with van der Waals surface area (Å²) in [5.41, 5.74) is 18.7. The van der Waals surface area contributed by atoms with E-state index in [1.165, 1.54) is 27.8 Å². The average Bonchev–Trinajstić information content (AvgIpc) is 3.86. The van der Waals surface area contributed by atoms with Crippen LogP contribution >= 0.6 is 0 Å². The molecule has 0 aliphatic carbocycles. The first-order valence-electron chi connectivity index (χ1n) is 16.7. The van der Waals surface area contributed by atoms with Crippen LogP contribution in [-0.2, 0) is 31.3 Å². The van der Waals surface area contributed by atoms with E-state index in [1.807, 2.05) is 0 Å². The van der Waals surface area contributed by atoms with Crippen molar-refractivity contribution in [2.24, 2.45) is 0 Å². The molecule has 3 aromatic heterocycles. The molecule has 0 radical (unpaired) electrons. The summed E-state index contributed by atoms with van der Waals surface area (Å²) in [6, 6.07) is 34.4. The molecule has 236 valence electrons. The minimum absolute atomic E-state index is 0. The summed E-state index contributed by atoms with van der Waals surface area (Å²) in [6.07, 6.45) is 5.09. The number of hydrogen-bond donors (Lipinski definition) is 0. The fraction of sp³-hybridized carbons (Fsp3) is 0.182. The smallest absolute Gasteiger partial charge is 0.657 e. The maximum Gasteiger partial charge on any atom is 2.00 e. The summed E-state index contributed by atoms with van der Waals surface area (Å²) in [5.74, 6) is 0. The first-order valence-corrected chi connectivity index (χ1v) is 16.7. The quantitative estimate of drug-likeness (QED) is 0.174. The Morgan fingerprint density at radius 2 is 1.14 bits per heavy atom. The van der Waals surface area contributed by atoms with Crippen LogP contribution < -0.4 is 9.97 Å². The topological polar surface area (TPSA) is 54.0 Å². The molecule has 6 aromatic rings. The van der Waals surface area contributed by atoms with E-state index in [0.29, 0.717) is 0 Å². The van der Waals surface area contributed by atoms with Gasteiger partial charge in [-0.3, -0.25) is 4.98 Å². The number of hydrogen-bond acceptors (Lipinski definition) is 2. The van der Waals surface area contributed by atoms with Gasteiger partial charge in [0.2, 0.25) is 0 Å². The molecule has 0 amide bonds. The van der Waals surface area contributed by atoms with Crippen molar-refractivity contribution in [1.29, 1.82) is 0 Å². The molecule has 5 heteroatoms. The van der Waals surface area contributed by atoms with Gasteiger partial charge in [-0.25, -0.2) is 4.98 Å². The van der Waals surface area contributed by atoms with E-state index in [9.17, 15) is 0 Å². The van der Waals surface area contributed by atoms with Crippen molar-refractivity contribution < 1.29 is 19.5 Å². The van der Waals surface area contributed by atoms with Gasteiger partial charge >= 0.3 is 19.5 Å². The largest absolute Gasteiger partial charge is 2.00 e. The molecule has 0 N–H and O–H groups in total. The van der Waals surface area contributed by atoms with Gasteiger partial charge in [0.25, 0.3) is 0 Å². The molecule has 0 fully saturated rings. The zero-order chi connectivity index (χ0) is 33.2. The number of benzene rings is 3. The second-order valence-electron chi connectivity index (χ2n) is 14.0. The molecule has 8 bridgehead atoms. The molecule has 0 saturated carbocycles. The first-order chi connectivity index (χ1) is 23.1. The molecule has 0 spiro atoms. The van der Waals surface area contributed by atoms with Crippen LogP contribution in [0.3, 0.4) is 0 Å². The van der Waals surface area contributed by atoms with Crippen molar-refractivity contribution in [2.75, 3.05) is 0 Å². The van der Waals surface area contributed by atoms with Gasteiger partial charge in [0.1, 0.15) is 0 Å². The van der Waals surface area contributed by atoms with Crippen LogP contribution in [0.15, 0.2) is 97.1 Å². The Balaban J connectivity index is 0.00000378. The van der Waals surface area contributed by atoms with E-state index in [2.05, 4.69) is 151 Å². The maximum atomic E-state index is 5.42. The summed E-state index contributed by atoms with van der Waals surface area (Å²) < 4.78 is 0. The fourth-order valence-electron chi connectivity index (χ4n) is 7.41. The van der Waals surface area contributed by atoms with Crippen LogP contribution in [0.1, 0.15) is 58.9 Å². The second-order valence-corrected chi connectivity index (χ2v) is 14.0. The van der Waals surface area contributed by atoms with Crippen molar-refractivity contribution in [1.82, 2.24) is 19.9 Å². The van der Waals surface area contributed by atoms with Gasteiger partial charge in [0.15, 0.2) is 0 Å². The second kappa shape index (κ2) is 12.5. The summed E-state index contributed by atoms with van der Waals surface area (Å²) in [7, 11) is 0. The Morgan fingerprint density at radius 3 is 1.84 bits per heavy atom. The van der Waals surface area contributed by atoms with E-state index in [0.717, 1.165) is 79.1 Å². The molecule has 8 rings (SSSR count). The molecule has 0 saturated heterocycles. The van der Waals surface area contributed by atoms with Crippen LogP contribution in [0.25, 0.3) is 67.6 Å². The van der Waals surface area contributed by atoms with Gasteiger partial charge in [0, 0.05) is 23.2 Å². The van der Waals surface area contributed by atoms with E-state index in [-0.39, 0.29) is 24.9 Å². The predicted octanol–water partition coefficient (Wildman–Crippen LogP) is 10.5. The van der Waals surface area contributed by atoms with E-state index < -0.39 is 0 Å². The summed E-state index contributed by atoms with van der Waals surface area (Å²) >= 11 is 0. The molecule has 2 aliphatic heterocycles. The molecule has 0 atom stereocenters. The molecule has 3 aromatic carbocycles. The number of aromatic nitrogens is 4. The number of nitrogens with zero attached hydrogens (tertiary/aromatic N) is 4. The summed E-state index contributed by atoms with van der Waals surface area (Å²) in [5, 5.41) is 0. The summed E-state index contributed by atoms with van der Waals surface area (Å²) in [6.45, 7) is 13.2. The third kappa shape index (κ3) is 5.91. The van der Waals surface area contributed by atoms with Crippen molar-refractivity contribution in [3.8, 4) is 33.4 Å². The van der Waals surface area contributed by atoms with Crippen molar-refractivity contribution in [2.45, 2.75) is 53.4 Å². The molecule has 49 heavy (non-hydrogen) atoms. The molecular formula is C44H38N4Zn. The molecule has 2 aliphatic rings. The zero-order valence-electron chi connectivity index (χ0n) is 29.1. The molecular weight excluding hydrogens is 650 g/mol. The monoisotopic (exact) mass is 686 g/mol. The third-order valence-corrected chi connectivity index (χ3v) is 9.68. The Labute approximate surface area is 301 Å². The van der Waals surface area contributed by atoms with Crippen LogP contribution in [-0.4, -0.2) is 9.97 Å². The minimum Gasteiger partial charge on any atom is -0.657 e. The standard InChI is InChI=1S/C44H38N4.Zn/c1-26-12-14-31(15-13-26)41-33-17-16-32(45-33)24-39-44(5,6)25-38(48-39)42(30-10-8-7-9-11-30)35-19-21-37(47-35)43(36-20-18-34(41)46-36)40-28(3)22-27(2)23-29(40)4;/h7-24H,25H2,1-6H3;/q-2;+2. The predicted molar refractivity (Wildman–Crippen MR) is 200 cm³/mol. The maximum absolute atomic E-state index is 5.42. The Hall–Kier alpha value is -4.86. The Bertz CT molecular complexity index is 2400. The minimum atomic E-state index is -0.170. The van der Waals surface area contributed by atoms with Gasteiger partial charge in [-0.15, -0.1) is 22.1 Å². The van der Waals surface area contributed by atoms with Crippen LogP contribution in [0.4, 0.5) is 0 Å². The molecule has 5 heterocycles. The third-order valence-electron chi connectivity index (χ3n) is 9.68.